The zero-order valence-electron chi connectivity index (χ0n) is 14.4. The predicted molar refractivity (Wildman–Crippen MR) is 100 cm³/mol. The fourth-order valence-corrected chi connectivity index (χ4v) is 3.06. The standard InChI is InChI=1S/C22H21NO2/c1-16-13-17(2)15-20(14-16)23-21(24)22(25,18-9-5-3-6-10-18)19-11-7-4-8-12-19/h3-15,25H,1-2H3,(H,23,24). The van der Waals surface area contributed by atoms with Gasteiger partial charge in [-0.15, -0.1) is 0 Å². The summed E-state index contributed by atoms with van der Waals surface area (Å²) >= 11 is 0. The zero-order valence-corrected chi connectivity index (χ0v) is 14.4. The van der Waals surface area contributed by atoms with Gasteiger partial charge < -0.3 is 10.4 Å². The molecule has 0 aliphatic heterocycles. The Hall–Kier alpha value is -2.91. The fraction of sp³-hybridized carbons (Fsp3) is 0.136. The van der Waals surface area contributed by atoms with E-state index < -0.39 is 11.5 Å². The molecule has 0 bridgehead atoms. The first-order chi connectivity index (χ1) is 12.0. The largest absolute Gasteiger partial charge is 0.372 e. The van der Waals surface area contributed by atoms with Crippen LogP contribution in [0.25, 0.3) is 0 Å². The Labute approximate surface area is 148 Å². The molecule has 3 heteroatoms. The second-order valence-corrected chi connectivity index (χ2v) is 6.27. The number of anilines is 1. The van der Waals surface area contributed by atoms with Gasteiger partial charge >= 0.3 is 0 Å². The Kier molecular flexibility index (Phi) is 4.68. The van der Waals surface area contributed by atoms with Crippen LogP contribution in [0.1, 0.15) is 22.3 Å². The molecule has 0 spiro atoms. The molecule has 3 aromatic rings. The van der Waals surface area contributed by atoms with E-state index in [1.165, 1.54) is 0 Å². The maximum absolute atomic E-state index is 13.1. The molecule has 3 aromatic carbocycles. The maximum Gasteiger partial charge on any atom is 0.265 e. The number of aliphatic hydroxyl groups is 1. The monoisotopic (exact) mass is 331 g/mol. The summed E-state index contributed by atoms with van der Waals surface area (Å²) in [5, 5.41) is 14.3. The van der Waals surface area contributed by atoms with Crippen molar-refractivity contribution in [2.75, 3.05) is 5.32 Å². The van der Waals surface area contributed by atoms with Crippen molar-refractivity contribution in [1.82, 2.24) is 0 Å². The van der Waals surface area contributed by atoms with Crippen LogP contribution < -0.4 is 5.32 Å². The van der Waals surface area contributed by atoms with Crippen molar-refractivity contribution in [1.29, 1.82) is 0 Å². The van der Waals surface area contributed by atoms with Crippen LogP contribution in [0.4, 0.5) is 5.69 Å². The van der Waals surface area contributed by atoms with Crippen LogP contribution in [0.3, 0.4) is 0 Å². The highest BCUT2D eigenvalue weighted by Crippen LogP contribution is 2.31. The van der Waals surface area contributed by atoms with Crippen LogP contribution in [-0.4, -0.2) is 11.0 Å². The molecule has 0 saturated carbocycles. The SMILES string of the molecule is Cc1cc(C)cc(NC(=O)C(O)(c2ccccc2)c2ccccc2)c1. The van der Waals surface area contributed by atoms with E-state index in [0.29, 0.717) is 16.8 Å². The Balaban J connectivity index is 2.04. The molecular weight excluding hydrogens is 310 g/mol. The van der Waals surface area contributed by atoms with E-state index in [1.807, 2.05) is 68.4 Å². The highest BCUT2D eigenvalue weighted by atomic mass is 16.3. The molecule has 1 amide bonds. The van der Waals surface area contributed by atoms with Crippen LogP contribution in [0.5, 0.6) is 0 Å². The van der Waals surface area contributed by atoms with Gasteiger partial charge in [0.25, 0.3) is 5.91 Å². The van der Waals surface area contributed by atoms with E-state index in [4.69, 9.17) is 0 Å². The summed E-state index contributed by atoms with van der Waals surface area (Å²) in [7, 11) is 0. The van der Waals surface area contributed by atoms with Gasteiger partial charge in [0, 0.05) is 5.69 Å². The molecule has 0 unspecified atom stereocenters. The quantitative estimate of drug-likeness (QED) is 0.753. The van der Waals surface area contributed by atoms with Crippen LogP contribution >= 0.6 is 0 Å². The molecule has 126 valence electrons. The first-order valence-electron chi connectivity index (χ1n) is 8.23. The van der Waals surface area contributed by atoms with Gasteiger partial charge in [0.05, 0.1) is 0 Å². The van der Waals surface area contributed by atoms with E-state index in [2.05, 4.69) is 5.32 Å². The van der Waals surface area contributed by atoms with Gasteiger partial charge in [0.1, 0.15) is 0 Å². The minimum atomic E-state index is -1.76. The van der Waals surface area contributed by atoms with Crippen molar-refractivity contribution in [3.8, 4) is 0 Å². The smallest absolute Gasteiger partial charge is 0.265 e. The second kappa shape index (κ2) is 6.91. The number of hydrogen-bond donors (Lipinski definition) is 2. The molecule has 2 N–H and O–H groups in total. The lowest BCUT2D eigenvalue weighted by Crippen LogP contribution is -2.41. The van der Waals surface area contributed by atoms with Gasteiger partial charge in [-0.05, 0) is 48.2 Å². The molecule has 0 aliphatic carbocycles. The van der Waals surface area contributed by atoms with Gasteiger partial charge in [0.2, 0.25) is 0 Å². The summed E-state index contributed by atoms with van der Waals surface area (Å²) in [6.07, 6.45) is 0. The number of aryl methyl sites for hydroxylation is 2. The summed E-state index contributed by atoms with van der Waals surface area (Å²) in [5.41, 5.74) is 2.08. The summed E-state index contributed by atoms with van der Waals surface area (Å²) in [6.45, 7) is 3.95. The van der Waals surface area contributed by atoms with E-state index in [0.717, 1.165) is 11.1 Å². The van der Waals surface area contributed by atoms with E-state index in [-0.39, 0.29) is 0 Å². The summed E-state index contributed by atoms with van der Waals surface area (Å²) in [4.78, 5) is 13.1. The molecule has 0 saturated heterocycles. The molecule has 0 aliphatic rings. The minimum absolute atomic E-state index is 0.477. The molecule has 3 nitrogen and oxygen atoms in total. The molecule has 0 atom stereocenters. The first-order valence-corrected chi connectivity index (χ1v) is 8.23. The van der Waals surface area contributed by atoms with Crippen molar-refractivity contribution < 1.29 is 9.90 Å². The average molecular weight is 331 g/mol. The Morgan fingerprint density at radius 3 is 1.68 bits per heavy atom. The molecule has 3 rings (SSSR count). The number of hydrogen-bond acceptors (Lipinski definition) is 2. The van der Waals surface area contributed by atoms with Gasteiger partial charge in [-0.2, -0.15) is 0 Å². The van der Waals surface area contributed by atoms with Crippen LogP contribution in [0.2, 0.25) is 0 Å². The second-order valence-electron chi connectivity index (χ2n) is 6.27. The molecule has 25 heavy (non-hydrogen) atoms. The van der Waals surface area contributed by atoms with E-state index in [1.54, 1.807) is 24.3 Å². The Morgan fingerprint density at radius 2 is 1.24 bits per heavy atom. The highest BCUT2D eigenvalue weighted by molar-refractivity contribution is 6.00. The van der Waals surface area contributed by atoms with Crippen molar-refractivity contribution in [2.45, 2.75) is 19.4 Å². The number of carbonyl (C=O) groups excluding carboxylic acids is 1. The first kappa shape index (κ1) is 16.9. The van der Waals surface area contributed by atoms with Gasteiger partial charge in [-0.1, -0.05) is 66.7 Å². The third kappa shape index (κ3) is 3.47. The maximum atomic E-state index is 13.1. The third-order valence-electron chi connectivity index (χ3n) is 4.19. The summed E-state index contributed by atoms with van der Waals surface area (Å²) < 4.78 is 0. The normalized spacial score (nSPS) is 11.2. The van der Waals surface area contributed by atoms with Crippen molar-refractivity contribution in [2.24, 2.45) is 0 Å². The molecule has 0 radical (unpaired) electrons. The lowest BCUT2D eigenvalue weighted by atomic mass is 9.85. The fourth-order valence-electron chi connectivity index (χ4n) is 3.06. The van der Waals surface area contributed by atoms with E-state index >= 15 is 0 Å². The van der Waals surface area contributed by atoms with Crippen LogP contribution in [0.15, 0.2) is 78.9 Å². The topological polar surface area (TPSA) is 49.3 Å². The van der Waals surface area contributed by atoms with Crippen molar-refractivity contribution in [3.63, 3.8) is 0 Å². The van der Waals surface area contributed by atoms with Crippen molar-refractivity contribution >= 4 is 11.6 Å². The predicted octanol–water partition coefficient (Wildman–Crippen LogP) is 4.18. The van der Waals surface area contributed by atoms with Gasteiger partial charge in [-0.3, -0.25) is 4.79 Å². The zero-order chi connectivity index (χ0) is 17.9. The van der Waals surface area contributed by atoms with Crippen LogP contribution in [0, 0.1) is 13.8 Å². The number of carbonyl (C=O) groups is 1. The highest BCUT2D eigenvalue weighted by Gasteiger charge is 2.39. The van der Waals surface area contributed by atoms with Crippen molar-refractivity contribution in [3.05, 3.63) is 101 Å². The van der Waals surface area contributed by atoms with E-state index in [9.17, 15) is 9.90 Å². The minimum Gasteiger partial charge on any atom is -0.372 e. The van der Waals surface area contributed by atoms with Crippen LogP contribution in [-0.2, 0) is 10.4 Å². The van der Waals surface area contributed by atoms with Gasteiger partial charge in [-0.25, -0.2) is 0 Å². The summed E-state index contributed by atoms with van der Waals surface area (Å²) in [6, 6.07) is 23.8. The number of nitrogens with one attached hydrogen (secondary N) is 1. The molecule has 0 fully saturated rings. The molecule has 0 aromatic heterocycles. The number of benzene rings is 3. The average Bonchev–Trinajstić information content (AvgIpc) is 2.61. The molecule has 0 heterocycles. The number of amides is 1. The Bertz CT molecular complexity index is 813. The van der Waals surface area contributed by atoms with Gasteiger partial charge in [0.15, 0.2) is 5.60 Å². The molecular formula is C22H21NO2. The third-order valence-corrected chi connectivity index (χ3v) is 4.19. The summed E-state index contributed by atoms with van der Waals surface area (Å²) in [5.74, 6) is -0.477. The lowest BCUT2D eigenvalue weighted by Gasteiger charge is -2.28. The number of rotatable bonds is 4. The Morgan fingerprint density at radius 1 is 0.800 bits per heavy atom. The lowest BCUT2D eigenvalue weighted by molar-refractivity contribution is -0.131.